The zero-order valence-corrected chi connectivity index (χ0v) is 15.7. The van der Waals surface area contributed by atoms with E-state index in [0.717, 1.165) is 26.8 Å². The normalized spacial score (nSPS) is 11.0. The monoisotopic (exact) mass is 377 g/mol. The summed E-state index contributed by atoms with van der Waals surface area (Å²) in [5.41, 5.74) is 3.06. The SMILES string of the molecule is Cn1cnnc1Sc1ccc(NC(=O)CCc2c[nH]c3ccccc23)cc1. The van der Waals surface area contributed by atoms with Crippen LogP contribution in [0, 0.1) is 0 Å². The van der Waals surface area contributed by atoms with Crippen molar-refractivity contribution >= 4 is 34.3 Å². The molecule has 7 heteroatoms. The van der Waals surface area contributed by atoms with Gasteiger partial charge in [0.15, 0.2) is 5.16 Å². The van der Waals surface area contributed by atoms with Gasteiger partial charge in [-0.1, -0.05) is 18.2 Å². The van der Waals surface area contributed by atoms with E-state index in [9.17, 15) is 4.79 Å². The van der Waals surface area contributed by atoms with Crippen LogP contribution in [0.3, 0.4) is 0 Å². The van der Waals surface area contributed by atoms with E-state index in [1.165, 1.54) is 17.1 Å². The van der Waals surface area contributed by atoms with Gasteiger partial charge in [0.1, 0.15) is 6.33 Å². The molecular weight excluding hydrogens is 358 g/mol. The maximum absolute atomic E-state index is 12.3. The standard InChI is InChI=1S/C20H19N5OS/c1-25-13-22-24-20(25)27-16-9-7-15(8-10-16)23-19(26)11-6-14-12-21-18-5-3-2-4-17(14)18/h2-5,7-10,12-13,21H,6,11H2,1H3,(H,23,26). The Labute approximate surface area is 161 Å². The van der Waals surface area contributed by atoms with Crippen molar-refractivity contribution in [3.63, 3.8) is 0 Å². The topological polar surface area (TPSA) is 75.6 Å². The van der Waals surface area contributed by atoms with Crippen LogP contribution in [0.2, 0.25) is 0 Å². The molecule has 0 spiro atoms. The van der Waals surface area contributed by atoms with Crippen LogP contribution in [0.1, 0.15) is 12.0 Å². The number of H-pyrrole nitrogens is 1. The summed E-state index contributed by atoms with van der Waals surface area (Å²) < 4.78 is 1.87. The first kappa shape index (κ1) is 17.4. The third kappa shape index (κ3) is 4.03. The molecule has 27 heavy (non-hydrogen) atoms. The molecule has 0 aliphatic heterocycles. The molecule has 0 saturated carbocycles. The summed E-state index contributed by atoms with van der Waals surface area (Å²) >= 11 is 1.53. The van der Waals surface area contributed by atoms with Gasteiger partial charge in [-0.3, -0.25) is 4.79 Å². The number of benzene rings is 2. The van der Waals surface area contributed by atoms with E-state index in [2.05, 4.69) is 26.6 Å². The summed E-state index contributed by atoms with van der Waals surface area (Å²) in [7, 11) is 1.91. The van der Waals surface area contributed by atoms with Gasteiger partial charge in [-0.25, -0.2) is 0 Å². The Hall–Kier alpha value is -3.06. The quantitative estimate of drug-likeness (QED) is 0.532. The fourth-order valence-electron chi connectivity index (χ4n) is 2.89. The predicted octanol–water partition coefficient (Wildman–Crippen LogP) is 4.02. The van der Waals surface area contributed by atoms with Crippen molar-refractivity contribution in [1.29, 1.82) is 0 Å². The number of amides is 1. The Balaban J connectivity index is 1.33. The molecule has 4 aromatic rings. The number of nitrogens with zero attached hydrogens (tertiary/aromatic N) is 3. The van der Waals surface area contributed by atoms with Gasteiger partial charge in [-0.15, -0.1) is 10.2 Å². The molecule has 0 bridgehead atoms. The minimum atomic E-state index is 0.00832. The summed E-state index contributed by atoms with van der Waals surface area (Å²) in [5, 5.41) is 12.9. The van der Waals surface area contributed by atoms with Crippen LogP contribution in [0.4, 0.5) is 5.69 Å². The largest absolute Gasteiger partial charge is 0.361 e. The number of nitrogens with one attached hydrogen (secondary N) is 2. The second-order valence-corrected chi connectivity index (χ2v) is 7.30. The number of rotatable bonds is 6. The van der Waals surface area contributed by atoms with Crippen molar-refractivity contribution in [2.24, 2.45) is 7.05 Å². The molecule has 0 aliphatic rings. The van der Waals surface area contributed by atoms with Gasteiger partial charge in [0.25, 0.3) is 0 Å². The molecule has 2 aromatic heterocycles. The molecular formula is C20H19N5OS. The lowest BCUT2D eigenvalue weighted by Crippen LogP contribution is -2.12. The number of carbonyl (C=O) groups is 1. The van der Waals surface area contributed by atoms with E-state index in [-0.39, 0.29) is 5.91 Å². The third-order valence-electron chi connectivity index (χ3n) is 4.31. The lowest BCUT2D eigenvalue weighted by molar-refractivity contribution is -0.116. The highest BCUT2D eigenvalue weighted by atomic mass is 32.2. The Bertz CT molecular complexity index is 1070. The molecule has 2 aromatic carbocycles. The number of carbonyl (C=O) groups excluding carboxylic acids is 1. The lowest BCUT2D eigenvalue weighted by Gasteiger charge is -2.06. The molecule has 0 unspecified atom stereocenters. The van der Waals surface area contributed by atoms with Crippen LogP contribution in [-0.4, -0.2) is 25.7 Å². The first-order valence-electron chi connectivity index (χ1n) is 8.66. The average molecular weight is 377 g/mol. The van der Waals surface area contributed by atoms with Gasteiger partial charge in [0.2, 0.25) is 5.91 Å². The Morgan fingerprint density at radius 3 is 2.78 bits per heavy atom. The average Bonchev–Trinajstić information content (AvgIpc) is 3.28. The lowest BCUT2D eigenvalue weighted by atomic mass is 10.1. The fraction of sp³-hybridized carbons (Fsp3) is 0.150. The van der Waals surface area contributed by atoms with Crippen LogP contribution in [-0.2, 0) is 18.3 Å². The molecule has 2 heterocycles. The molecule has 0 aliphatic carbocycles. The number of hydrogen-bond acceptors (Lipinski definition) is 4. The number of fused-ring (bicyclic) bond motifs is 1. The van der Waals surface area contributed by atoms with Gasteiger partial charge in [-0.2, -0.15) is 0 Å². The second kappa shape index (κ2) is 7.67. The van der Waals surface area contributed by atoms with E-state index in [1.54, 1.807) is 6.33 Å². The Morgan fingerprint density at radius 2 is 2.00 bits per heavy atom. The summed E-state index contributed by atoms with van der Waals surface area (Å²) in [6, 6.07) is 15.9. The zero-order valence-electron chi connectivity index (χ0n) is 14.8. The molecule has 0 radical (unpaired) electrons. The van der Waals surface area contributed by atoms with Crippen LogP contribution >= 0.6 is 11.8 Å². The van der Waals surface area contributed by atoms with Crippen LogP contribution in [0.15, 0.2) is 71.1 Å². The van der Waals surface area contributed by atoms with Gasteiger partial charge >= 0.3 is 0 Å². The van der Waals surface area contributed by atoms with Gasteiger partial charge in [-0.05, 0) is 54.1 Å². The highest BCUT2D eigenvalue weighted by Gasteiger charge is 2.08. The highest BCUT2D eigenvalue weighted by molar-refractivity contribution is 7.99. The van der Waals surface area contributed by atoms with Crippen LogP contribution < -0.4 is 5.32 Å². The molecule has 0 fully saturated rings. The second-order valence-electron chi connectivity index (χ2n) is 6.26. The molecule has 136 valence electrons. The van der Waals surface area contributed by atoms with E-state index < -0.39 is 0 Å². The van der Waals surface area contributed by atoms with Crippen molar-refractivity contribution in [2.45, 2.75) is 22.9 Å². The van der Waals surface area contributed by atoms with Crippen LogP contribution in [0.5, 0.6) is 0 Å². The number of aromatic nitrogens is 4. The fourth-order valence-corrected chi connectivity index (χ4v) is 3.65. The number of aromatic amines is 1. The van der Waals surface area contributed by atoms with Crippen LogP contribution in [0.25, 0.3) is 10.9 Å². The number of hydrogen-bond donors (Lipinski definition) is 2. The minimum Gasteiger partial charge on any atom is -0.361 e. The van der Waals surface area contributed by atoms with Crippen molar-refractivity contribution in [3.05, 3.63) is 66.6 Å². The predicted molar refractivity (Wildman–Crippen MR) is 107 cm³/mol. The summed E-state index contributed by atoms with van der Waals surface area (Å²) in [5.74, 6) is 0.00832. The van der Waals surface area contributed by atoms with Crippen molar-refractivity contribution in [3.8, 4) is 0 Å². The van der Waals surface area contributed by atoms with Gasteiger partial charge < -0.3 is 14.9 Å². The molecule has 0 saturated heterocycles. The van der Waals surface area contributed by atoms with E-state index in [4.69, 9.17) is 0 Å². The summed E-state index contributed by atoms with van der Waals surface area (Å²) in [6.07, 6.45) is 4.80. The number of anilines is 1. The number of para-hydroxylation sites is 1. The van der Waals surface area contributed by atoms with E-state index in [1.807, 2.05) is 60.3 Å². The third-order valence-corrected chi connectivity index (χ3v) is 5.37. The van der Waals surface area contributed by atoms with Crippen molar-refractivity contribution in [2.75, 3.05) is 5.32 Å². The van der Waals surface area contributed by atoms with Crippen molar-refractivity contribution in [1.82, 2.24) is 19.7 Å². The first-order valence-corrected chi connectivity index (χ1v) is 9.47. The molecule has 0 atom stereocenters. The van der Waals surface area contributed by atoms with E-state index >= 15 is 0 Å². The Morgan fingerprint density at radius 1 is 1.19 bits per heavy atom. The van der Waals surface area contributed by atoms with Gasteiger partial charge in [0, 0.05) is 41.2 Å². The minimum absolute atomic E-state index is 0.00832. The molecule has 1 amide bonds. The first-order chi connectivity index (χ1) is 13.2. The number of aryl methyl sites for hydroxylation is 2. The maximum atomic E-state index is 12.3. The summed E-state index contributed by atoms with van der Waals surface area (Å²) in [4.78, 5) is 16.6. The molecule has 4 rings (SSSR count). The van der Waals surface area contributed by atoms with E-state index in [0.29, 0.717) is 12.8 Å². The Kier molecular flexibility index (Phi) is 4.93. The zero-order chi connectivity index (χ0) is 18.6. The van der Waals surface area contributed by atoms with Gasteiger partial charge in [0.05, 0.1) is 0 Å². The molecule has 2 N–H and O–H groups in total. The summed E-state index contributed by atoms with van der Waals surface area (Å²) in [6.45, 7) is 0. The smallest absolute Gasteiger partial charge is 0.224 e. The van der Waals surface area contributed by atoms with Crippen molar-refractivity contribution < 1.29 is 4.79 Å². The molecule has 6 nitrogen and oxygen atoms in total. The highest BCUT2D eigenvalue weighted by Crippen LogP contribution is 2.26. The maximum Gasteiger partial charge on any atom is 0.224 e.